The van der Waals surface area contributed by atoms with Crippen molar-refractivity contribution in [3.05, 3.63) is 55.8 Å². The van der Waals surface area contributed by atoms with Crippen LogP contribution in [0.25, 0.3) is 0 Å². The van der Waals surface area contributed by atoms with Gasteiger partial charge in [0.2, 0.25) is 0 Å². The highest BCUT2D eigenvalue weighted by molar-refractivity contribution is 14.1. The Hall–Kier alpha value is -1.15. The quantitative estimate of drug-likeness (QED) is 0.556. The Labute approximate surface area is 138 Å². The first-order valence-corrected chi connectivity index (χ1v) is 7.55. The molecule has 0 aliphatic heterocycles. The van der Waals surface area contributed by atoms with Crippen molar-refractivity contribution in [2.24, 2.45) is 0 Å². The van der Waals surface area contributed by atoms with Crippen LogP contribution in [0, 0.1) is 9.39 Å². The molecule has 0 heterocycles. The number of rotatable bonds is 2. The molecule has 0 spiro atoms. The van der Waals surface area contributed by atoms with Gasteiger partial charge in [-0.15, -0.1) is 0 Å². The fourth-order valence-electron chi connectivity index (χ4n) is 1.78. The Kier molecular flexibility index (Phi) is 4.64. The predicted molar refractivity (Wildman–Crippen MR) is 90.4 cm³/mol. The average molecular weight is 449 g/mol. The first-order chi connectivity index (χ1) is 9.40. The van der Waals surface area contributed by atoms with Crippen LogP contribution in [0.4, 0.5) is 15.8 Å². The van der Waals surface area contributed by atoms with E-state index in [1.807, 2.05) is 28.7 Å². The van der Waals surface area contributed by atoms with E-state index in [0.717, 1.165) is 4.47 Å². The zero-order chi connectivity index (χ0) is 14.9. The van der Waals surface area contributed by atoms with Crippen LogP contribution >= 0.6 is 38.5 Å². The molecule has 2 aromatic carbocycles. The van der Waals surface area contributed by atoms with Gasteiger partial charge in [0.05, 0.1) is 16.9 Å². The Morgan fingerprint density at radius 3 is 2.60 bits per heavy atom. The van der Waals surface area contributed by atoms with Crippen molar-refractivity contribution in [3.8, 4) is 0 Å². The molecule has 0 aliphatic rings. The molecule has 0 aromatic heterocycles. The number of carbonyl (C=O) groups is 1. The van der Waals surface area contributed by atoms with Crippen LogP contribution in [0.5, 0.6) is 0 Å². The standard InChI is InChI=1S/C14H11BrFIN2O/c1-19(13-5-2-8(15)6-12(13)18)14(20)10-4-3-9(16)7-11(10)17/h2-7H,18H2,1H3. The lowest BCUT2D eigenvalue weighted by atomic mass is 10.1. The molecule has 0 aliphatic carbocycles. The zero-order valence-corrected chi connectivity index (χ0v) is 14.3. The normalized spacial score (nSPS) is 10.4. The molecule has 0 radical (unpaired) electrons. The molecule has 0 saturated heterocycles. The monoisotopic (exact) mass is 448 g/mol. The number of amides is 1. The van der Waals surface area contributed by atoms with E-state index in [2.05, 4.69) is 15.9 Å². The summed E-state index contributed by atoms with van der Waals surface area (Å²) in [6, 6.07) is 9.37. The highest BCUT2D eigenvalue weighted by Crippen LogP contribution is 2.27. The third kappa shape index (κ3) is 3.12. The van der Waals surface area contributed by atoms with E-state index in [-0.39, 0.29) is 11.7 Å². The number of hydrogen-bond acceptors (Lipinski definition) is 2. The van der Waals surface area contributed by atoms with E-state index in [0.29, 0.717) is 20.5 Å². The molecule has 0 unspecified atom stereocenters. The van der Waals surface area contributed by atoms with E-state index in [9.17, 15) is 9.18 Å². The van der Waals surface area contributed by atoms with Gasteiger partial charge in [-0.2, -0.15) is 0 Å². The van der Waals surface area contributed by atoms with Crippen LogP contribution in [-0.4, -0.2) is 13.0 Å². The van der Waals surface area contributed by atoms with Crippen molar-refractivity contribution in [2.75, 3.05) is 17.7 Å². The molecular weight excluding hydrogens is 438 g/mol. The maximum Gasteiger partial charge on any atom is 0.259 e. The Morgan fingerprint density at radius 1 is 1.30 bits per heavy atom. The van der Waals surface area contributed by atoms with E-state index in [1.54, 1.807) is 19.2 Å². The second-order valence-electron chi connectivity index (χ2n) is 4.19. The van der Waals surface area contributed by atoms with Crippen LogP contribution in [-0.2, 0) is 0 Å². The molecule has 3 nitrogen and oxygen atoms in total. The Balaban J connectivity index is 2.37. The van der Waals surface area contributed by atoms with E-state index in [4.69, 9.17) is 5.73 Å². The summed E-state index contributed by atoms with van der Waals surface area (Å²) < 4.78 is 14.5. The maximum absolute atomic E-state index is 13.1. The lowest BCUT2D eigenvalue weighted by molar-refractivity contribution is 0.0992. The van der Waals surface area contributed by atoms with Gasteiger partial charge in [-0.1, -0.05) is 15.9 Å². The largest absolute Gasteiger partial charge is 0.397 e. The van der Waals surface area contributed by atoms with E-state index >= 15 is 0 Å². The number of benzene rings is 2. The molecule has 0 atom stereocenters. The van der Waals surface area contributed by atoms with Gasteiger partial charge < -0.3 is 10.6 Å². The molecule has 1 amide bonds. The van der Waals surface area contributed by atoms with Crippen molar-refractivity contribution in [1.29, 1.82) is 0 Å². The van der Waals surface area contributed by atoms with Crippen LogP contribution in [0.15, 0.2) is 40.9 Å². The number of halogens is 3. The van der Waals surface area contributed by atoms with Gasteiger partial charge in [-0.3, -0.25) is 4.79 Å². The number of nitrogen functional groups attached to an aromatic ring is 1. The summed E-state index contributed by atoms with van der Waals surface area (Å²) in [5.74, 6) is -0.597. The number of anilines is 2. The van der Waals surface area contributed by atoms with Gasteiger partial charge >= 0.3 is 0 Å². The fraction of sp³-hybridized carbons (Fsp3) is 0.0714. The lowest BCUT2D eigenvalue weighted by Gasteiger charge is -2.20. The minimum absolute atomic E-state index is 0.233. The van der Waals surface area contributed by atoms with Crippen molar-refractivity contribution >= 4 is 55.8 Å². The lowest BCUT2D eigenvalue weighted by Crippen LogP contribution is -2.27. The SMILES string of the molecule is CN(C(=O)c1ccc(F)cc1I)c1ccc(Br)cc1N. The van der Waals surface area contributed by atoms with Crippen LogP contribution in [0.2, 0.25) is 0 Å². The molecule has 2 N–H and O–H groups in total. The van der Waals surface area contributed by atoms with Crippen LogP contribution in [0.1, 0.15) is 10.4 Å². The van der Waals surface area contributed by atoms with Gasteiger partial charge in [-0.25, -0.2) is 4.39 Å². The molecule has 2 rings (SSSR count). The molecule has 0 bridgehead atoms. The molecule has 104 valence electrons. The Bertz CT molecular complexity index is 678. The van der Waals surface area contributed by atoms with Crippen molar-refractivity contribution in [1.82, 2.24) is 0 Å². The molecule has 2 aromatic rings. The van der Waals surface area contributed by atoms with Gasteiger partial charge in [0.1, 0.15) is 5.82 Å². The smallest absolute Gasteiger partial charge is 0.259 e. The summed E-state index contributed by atoms with van der Waals surface area (Å²) in [6.07, 6.45) is 0. The van der Waals surface area contributed by atoms with Crippen molar-refractivity contribution in [2.45, 2.75) is 0 Å². The van der Waals surface area contributed by atoms with Crippen LogP contribution in [0.3, 0.4) is 0 Å². The molecule has 20 heavy (non-hydrogen) atoms. The van der Waals surface area contributed by atoms with E-state index < -0.39 is 0 Å². The average Bonchev–Trinajstić information content (AvgIpc) is 2.37. The summed E-state index contributed by atoms with van der Waals surface area (Å²) in [7, 11) is 1.64. The number of hydrogen-bond donors (Lipinski definition) is 1. The molecule has 6 heteroatoms. The second-order valence-corrected chi connectivity index (χ2v) is 6.27. The fourth-order valence-corrected chi connectivity index (χ4v) is 2.87. The number of nitrogens with two attached hydrogens (primary N) is 1. The van der Waals surface area contributed by atoms with Crippen molar-refractivity contribution in [3.63, 3.8) is 0 Å². The minimum Gasteiger partial charge on any atom is -0.397 e. The third-order valence-electron chi connectivity index (χ3n) is 2.82. The summed E-state index contributed by atoms with van der Waals surface area (Å²) >= 11 is 5.26. The predicted octanol–water partition coefficient (Wildman–Crippen LogP) is 4.05. The van der Waals surface area contributed by atoms with Crippen molar-refractivity contribution < 1.29 is 9.18 Å². The first kappa shape index (κ1) is 15.2. The minimum atomic E-state index is -0.364. The first-order valence-electron chi connectivity index (χ1n) is 5.68. The van der Waals surface area contributed by atoms with Crippen LogP contribution < -0.4 is 10.6 Å². The highest BCUT2D eigenvalue weighted by Gasteiger charge is 2.18. The highest BCUT2D eigenvalue weighted by atomic mass is 127. The van der Waals surface area contributed by atoms with E-state index in [1.165, 1.54) is 23.1 Å². The summed E-state index contributed by atoms with van der Waals surface area (Å²) in [5.41, 5.74) is 7.46. The Morgan fingerprint density at radius 2 is 2.00 bits per heavy atom. The van der Waals surface area contributed by atoms with Gasteiger partial charge in [0, 0.05) is 15.1 Å². The summed E-state index contributed by atoms with van der Waals surface area (Å²) in [6.45, 7) is 0. The third-order valence-corrected chi connectivity index (χ3v) is 4.20. The molecular formula is C14H11BrFIN2O. The second kappa shape index (κ2) is 6.09. The number of carbonyl (C=O) groups excluding carboxylic acids is 1. The van der Waals surface area contributed by atoms with Gasteiger partial charge in [-0.05, 0) is 59.0 Å². The van der Waals surface area contributed by atoms with Gasteiger partial charge in [0.25, 0.3) is 5.91 Å². The summed E-state index contributed by atoms with van der Waals surface area (Å²) in [4.78, 5) is 13.9. The maximum atomic E-state index is 13.1. The molecule has 0 saturated carbocycles. The zero-order valence-electron chi connectivity index (χ0n) is 10.5. The number of nitrogens with zero attached hydrogens (tertiary/aromatic N) is 1. The topological polar surface area (TPSA) is 46.3 Å². The molecule has 0 fully saturated rings. The summed E-state index contributed by atoms with van der Waals surface area (Å²) in [5, 5.41) is 0. The van der Waals surface area contributed by atoms with Gasteiger partial charge in [0.15, 0.2) is 0 Å².